The van der Waals surface area contributed by atoms with Crippen molar-refractivity contribution in [3.8, 4) is 23.0 Å². The van der Waals surface area contributed by atoms with Crippen LogP contribution in [0.1, 0.15) is 24.6 Å². The number of aromatic nitrogens is 3. The largest absolute Gasteiger partial charge is 0.493 e. The number of pyridine rings is 1. The number of carbonyl (C=O) groups excluding carboxylic acids is 1. The predicted molar refractivity (Wildman–Crippen MR) is 104 cm³/mol. The molecule has 4 rings (SSSR count). The lowest BCUT2D eigenvalue weighted by molar-refractivity contribution is -0.116. The number of anilines is 1. The van der Waals surface area contributed by atoms with Gasteiger partial charge in [0, 0.05) is 29.9 Å². The van der Waals surface area contributed by atoms with E-state index in [1.54, 1.807) is 30.5 Å². The average molecular weight is 396 g/mol. The fourth-order valence-electron chi connectivity index (χ4n) is 2.91. The minimum atomic E-state index is -0.360. The van der Waals surface area contributed by atoms with E-state index in [4.69, 9.17) is 14.0 Å². The summed E-state index contributed by atoms with van der Waals surface area (Å²) < 4.78 is 17.0. The van der Waals surface area contributed by atoms with Crippen molar-refractivity contribution in [2.24, 2.45) is 0 Å². The number of ether oxygens (including phenoxy) is 2. The Kier molecular flexibility index (Phi) is 5.03. The zero-order valence-corrected chi connectivity index (χ0v) is 16.0. The molecule has 1 aromatic carbocycles. The second-order valence-electron chi connectivity index (χ2n) is 6.73. The zero-order valence-electron chi connectivity index (χ0n) is 16.0. The van der Waals surface area contributed by atoms with E-state index in [2.05, 4.69) is 15.5 Å². The van der Waals surface area contributed by atoms with Gasteiger partial charge in [-0.05, 0) is 31.0 Å². The second kappa shape index (κ2) is 7.78. The summed E-state index contributed by atoms with van der Waals surface area (Å²) in [7, 11) is 3.05. The number of nitrogens with one attached hydrogen (secondary N) is 1. The molecule has 0 radical (unpaired) electrons. The lowest BCUT2D eigenvalue weighted by Gasteiger charge is -2.11. The van der Waals surface area contributed by atoms with Crippen LogP contribution in [-0.2, 0) is 11.3 Å². The SMILES string of the molecule is COc1ccc(NC(=O)Cn2cc(-c3nc(C4CC4)no3)ccc2=O)cc1OC. The summed E-state index contributed by atoms with van der Waals surface area (Å²) in [5, 5.41) is 6.72. The Balaban J connectivity index is 1.49. The summed E-state index contributed by atoms with van der Waals surface area (Å²) in [6.07, 6.45) is 3.67. The van der Waals surface area contributed by atoms with Crippen LogP contribution in [0.15, 0.2) is 45.8 Å². The predicted octanol–water partition coefficient (Wildman–Crippen LogP) is 2.43. The molecule has 0 unspecified atom stereocenters. The molecule has 1 fully saturated rings. The van der Waals surface area contributed by atoms with Crippen molar-refractivity contribution in [1.82, 2.24) is 14.7 Å². The van der Waals surface area contributed by atoms with Gasteiger partial charge in [-0.25, -0.2) is 0 Å². The summed E-state index contributed by atoms with van der Waals surface area (Å²) in [6.45, 7) is -0.162. The van der Waals surface area contributed by atoms with E-state index in [0.29, 0.717) is 40.4 Å². The topological polar surface area (TPSA) is 108 Å². The summed E-state index contributed by atoms with van der Waals surface area (Å²) in [5.41, 5.74) is 0.809. The van der Waals surface area contributed by atoms with Crippen LogP contribution in [-0.4, -0.2) is 34.8 Å². The molecule has 3 aromatic rings. The van der Waals surface area contributed by atoms with Crippen LogP contribution in [0, 0.1) is 0 Å². The third-order valence-corrected chi connectivity index (χ3v) is 4.60. The number of hydrogen-bond donors (Lipinski definition) is 1. The second-order valence-corrected chi connectivity index (χ2v) is 6.73. The molecular formula is C20H20N4O5. The van der Waals surface area contributed by atoms with Gasteiger partial charge in [0.1, 0.15) is 6.54 Å². The van der Waals surface area contributed by atoms with Crippen molar-refractivity contribution >= 4 is 11.6 Å². The molecule has 1 N–H and O–H groups in total. The first kappa shape index (κ1) is 18.7. The molecule has 2 aromatic heterocycles. The average Bonchev–Trinajstić information content (AvgIpc) is 3.46. The van der Waals surface area contributed by atoms with Gasteiger partial charge in [-0.2, -0.15) is 4.98 Å². The smallest absolute Gasteiger partial charge is 0.259 e. The summed E-state index contributed by atoms with van der Waals surface area (Å²) in [5.74, 6) is 2.07. The fraction of sp³-hybridized carbons (Fsp3) is 0.300. The molecule has 0 spiro atoms. The molecule has 2 heterocycles. The Morgan fingerprint density at radius 1 is 1.21 bits per heavy atom. The molecule has 0 aliphatic heterocycles. The maximum Gasteiger partial charge on any atom is 0.259 e. The van der Waals surface area contributed by atoms with Gasteiger partial charge in [-0.3, -0.25) is 9.59 Å². The standard InChI is InChI=1S/C20H20N4O5/c1-27-15-7-6-14(9-16(15)28-2)21-17(25)11-24-10-13(5-8-18(24)26)20-22-19(23-29-20)12-3-4-12/h5-10,12H,3-4,11H2,1-2H3,(H,21,25). The molecule has 1 aliphatic carbocycles. The number of methoxy groups -OCH3 is 2. The van der Waals surface area contributed by atoms with E-state index in [1.807, 2.05) is 0 Å². The van der Waals surface area contributed by atoms with Gasteiger partial charge in [0.05, 0.1) is 19.8 Å². The molecule has 0 bridgehead atoms. The molecule has 150 valence electrons. The first-order valence-electron chi connectivity index (χ1n) is 9.13. The Bertz CT molecular complexity index is 1100. The van der Waals surface area contributed by atoms with Crippen LogP contribution < -0.4 is 20.3 Å². The van der Waals surface area contributed by atoms with Crippen molar-refractivity contribution in [3.05, 3.63) is 52.7 Å². The molecule has 1 amide bonds. The zero-order chi connectivity index (χ0) is 20.4. The van der Waals surface area contributed by atoms with Crippen LogP contribution in [0.25, 0.3) is 11.5 Å². The number of amides is 1. The van der Waals surface area contributed by atoms with E-state index in [-0.39, 0.29) is 18.0 Å². The van der Waals surface area contributed by atoms with Gasteiger partial charge in [-0.1, -0.05) is 5.16 Å². The normalized spacial score (nSPS) is 13.2. The number of rotatable bonds is 7. The van der Waals surface area contributed by atoms with Crippen molar-refractivity contribution in [1.29, 1.82) is 0 Å². The first-order valence-corrected chi connectivity index (χ1v) is 9.13. The van der Waals surface area contributed by atoms with Gasteiger partial charge in [-0.15, -0.1) is 0 Å². The Hall–Kier alpha value is -3.62. The number of benzene rings is 1. The highest BCUT2D eigenvalue weighted by Gasteiger charge is 2.29. The molecule has 9 nitrogen and oxygen atoms in total. The van der Waals surface area contributed by atoms with Crippen molar-refractivity contribution in [2.75, 3.05) is 19.5 Å². The number of nitrogens with zero attached hydrogens (tertiary/aromatic N) is 3. The van der Waals surface area contributed by atoms with E-state index in [9.17, 15) is 9.59 Å². The molecule has 9 heteroatoms. The van der Waals surface area contributed by atoms with Crippen molar-refractivity contribution in [2.45, 2.75) is 25.3 Å². The molecular weight excluding hydrogens is 376 g/mol. The minimum absolute atomic E-state index is 0.162. The van der Waals surface area contributed by atoms with Crippen molar-refractivity contribution < 1.29 is 18.8 Å². The van der Waals surface area contributed by atoms with Crippen LogP contribution in [0.3, 0.4) is 0 Å². The van der Waals surface area contributed by atoms with Crippen LogP contribution in [0.4, 0.5) is 5.69 Å². The van der Waals surface area contributed by atoms with Crippen LogP contribution in [0.5, 0.6) is 11.5 Å². The van der Waals surface area contributed by atoms with Gasteiger partial charge in [0.2, 0.25) is 5.91 Å². The summed E-state index contributed by atoms with van der Waals surface area (Å²) in [6, 6.07) is 8.01. The quantitative estimate of drug-likeness (QED) is 0.653. The molecule has 0 saturated heterocycles. The number of carbonyl (C=O) groups is 1. The summed E-state index contributed by atoms with van der Waals surface area (Å²) >= 11 is 0. The Morgan fingerprint density at radius 3 is 2.72 bits per heavy atom. The van der Waals surface area contributed by atoms with Gasteiger partial charge in [0.15, 0.2) is 17.3 Å². The van der Waals surface area contributed by atoms with E-state index < -0.39 is 0 Å². The van der Waals surface area contributed by atoms with Gasteiger partial charge in [0.25, 0.3) is 11.4 Å². The first-order chi connectivity index (χ1) is 14.1. The van der Waals surface area contributed by atoms with E-state index in [0.717, 1.165) is 12.8 Å². The maximum absolute atomic E-state index is 12.4. The van der Waals surface area contributed by atoms with Gasteiger partial charge < -0.3 is 23.9 Å². The molecule has 1 aliphatic rings. The van der Waals surface area contributed by atoms with Crippen molar-refractivity contribution in [3.63, 3.8) is 0 Å². The maximum atomic E-state index is 12.4. The lowest BCUT2D eigenvalue weighted by atomic mass is 10.2. The molecule has 1 saturated carbocycles. The van der Waals surface area contributed by atoms with Crippen LogP contribution in [0.2, 0.25) is 0 Å². The monoisotopic (exact) mass is 396 g/mol. The number of hydrogen-bond acceptors (Lipinski definition) is 7. The van der Waals surface area contributed by atoms with Crippen LogP contribution >= 0.6 is 0 Å². The van der Waals surface area contributed by atoms with Gasteiger partial charge >= 0.3 is 0 Å². The fourth-order valence-corrected chi connectivity index (χ4v) is 2.91. The third-order valence-electron chi connectivity index (χ3n) is 4.60. The summed E-state index contributed by atoms with van der Waals surface area (Å²) in [4.78, 5) is 29.0. The molecule has 0 atom stereocenters. The van der Waals surface area contributed by atoms with E-state index in [1.165, 1.54) is 24.9 Å². The van der Waals surface area contributed by atoms with E-state index >= 15 is 0 Å². The molecule has 29 heavy (non-hydrogen) atoms. The Labute approximate surface area is 166 Å². The lowest BCUT2D eigenvalue weighted by Crippen LogP contribution is -2.26. The third kappa shape index (κ3) is 4.13. The minimum Gasteiger partial charge on any atom is -0.493 e. The highest BCUT2D eigenvalue weighted by Crippen LogP contribution is 2.38. The highest BCUT2D eigenvalue weighted by molar-refractivity contribution is 5.91. The highest BCUT2D eigenvalue weighted by atomic mass is 16.5. The Morgan fingerprint density at radius 2 is 2.00 bits per heavy atom.